The second kappa shape index (κ2) is 4.98. The maximum atomic E-state index is 10.9. The summed E-state index contributed by atoms with van der Waals surface area (Å²) in [6.45, 7) is 0. The standard InChI is InChI=1S/C13H10ClNO3/c14-8-2-1-3-9(6-8)18-10-4-5-12(15)11(7-10)13(16)17/h1-7H,15H2,(H,16,17). The van der Waals surface area contributed by atoms with Gasteiger partial charge in [-0.25, -0.2) is 4.79 Å². The minimum absolute atomic E-state index is 0.00882. The van der Waals surface area contributed by atoms with Crippen LogP contribution in [0.1, 0.15) is 10.4 Å². The molecule has 0 heterocycles. The minimum atomic E-state index is -1.09. The first-order chi connectivity index (χ1) is 8.56. The highest BCUT2D eigenvalue weighted by Gasteiger charge is 2.09. The number of ether oxygens (including phenoxy) is 1. The van der Waals surface area contributed by atoms with Gasteiger partial charge in [0.2, 0.25) is 0 Å². The van der Waals surface area contributed by atoms with Gasteiger partial charge in [0.15, 0.2) is 0 Å². The molecule has 0 radical (unpaired) electrons. The average molecular weight is 264 g/mol. The molecule has 3 N–H and O–H groups in total. The summed E-state index contributed by atoms with van der Waals surface area (Å²) < 4.78 is 5.50. The first-order valence-corrected chi connectivity index (χ1v) is 5.50. The number of halogens is 1. The molecule has 0 aliphatic heterocycles. The predicted octanol–water partition coefficient (Wildman–Crippen LogP) is 3.41. The largest absolute Gasteiger partial charge is 0.478 e. The number of benzene rings is 2. The summed E-state index contributed by atoms with van der Waals surface area (Å²) in [5.74, 6) is -0.170. The van der Waals surface area contributed by atoms with Crippen LogP contribution in [0.4, 0.5) is 5.69 Å². The molecular formula is C13H10ClNO3. The van der Waals surface area contributed by atoms with E-state index in [1.165, 1.54) is 12.1 Å². The smallest absolute Gasteiger partial charge is 0.337 e. The molecule has 0 saturated heterocycles. The Hall–Kier alpha value is -2.20. The van der Waals surface area contributed by atoms with Crippen molar-refractivity contribution in [3.63, 3.8) is 0 Å². The van der Waals surface area contributed by atoms with Crippen molar-refractivity contribution in [3.8, 4) is 11.5 Å². The highest BCUT2D eigenvalue weighted by Crippen LogP contribution is 2.26. The Morgan fingerprint density at radius 1 is 1.17 bits per heavy atom. The van der Waals surface area contributed by atoms with E-state index >= 15 is 0 Å². The second-order valence-electron chi connectivity index (χ2n) is 3.61. The topological polar surface area (TPSA) is 72.5 Å². The highest BCUT2D eigenvalue weighted by molar-refractivity contribution is 6.30. The molecule has 0 saturated carbocycles. The minimum Gasteiger partial charge on any atom is -0.478 e. The molecule has 5 heteroatoms. The summed E-state index contributed by atoms with van der Waals surface area (Å²) in [7, 11) is 0. The van der Waals surface area contributed by atoms with Crippen molar-refractivity contribution in [1.82, 2.24) is 0 Å². The van der Waals surface area contributed by atoms with E-state index in [4.69, 9.17) is 27.2 Å². The van der Waals surface area contributed by atoms with Crippen LogP contribution in [0.15, 0.2) is 42.5 Å². The van der Waals surface area contributed by atoms with Gasteiger partial charge in [0.25, 0.3) is 0 Å². The Morgan fingerprint density at radius 2 is 1.89 bits per heavy atom. The Bertz CT molecular complexity index is 599. The normalized spacial score (nSPS) is 10.1. The molecule has 0 spiro atoms. The van der Waals surface area contributed by atoms with Crippen molar-refractivity contribution < 1.29 is 14.6 Å². The summed E-state index contributed by atoms with van der Waals surface area (Å²) in [5, 5.41) is 9.49. The number of hydrogen-bond acceptors (Lipinski definition) is 3. The van der Waals surface area contributed by atoms with E-state index in [0.717, 1.165) is 0 Å². The summed E-state index contributed by atoms with van der Waals surface area (Å²) >= 11 is 5.82. The molecule has 0 fully saturated rings. The molecule has 18 heavy (non-hydrogen) atoms. The van der Waals surface area contributed by atoms with E-state index in [2.05, 4.69) is 0 Å². The van der Waals surface area contributed by atoms with E-state index in [0.29, 0.717) is 16.5 Å². The molecular weight excluding hydrogens is 254 g/mol. The van der Waals surface area contributed by atoms with Crippen molar-refractivity contribution >= 4 is 23.3 Å². The van der Waals surface area contributed by atoms with Gasteiger partial charge in [0, 0.05) is 10.7 Å². The monoisotopic (exact) mass is 263 g/mol. The number of hydrogen-bond donors (Lipinski definition) is 2. The first kappa shape index (κ1) is 12.3. The lowest BCUT2D eigenvalue weighted by Gasteiger charge is -2.08. The Labute approximate surface area is 109 Å². The zero-order chi connectivity index (χ0) is 13.1. The van der Waals surface area contributed by atoms with Gasteiger partial charge in [-0.3, -0.25) is 0 Å². The number of nitrogens with two attached hydrogens (primary N) is 1. The molecule has 0 unspecified atom stereocenters. The number of anilines is 1. The lowest BCUT2D eigenvalue weighted by Crippen LogP contribution is -2.02. The quantitative estimate of drug-likeness (QED) is 0.833. The molecule has 92 valence electrons. The van der Waals surface area contributed by atoms with Crippen LogP contribution in [0.2, 0.25) is 5.02 Å². The van der Waals surface area contributed by atoms with Crippen molar-refractivity contribution in [1.29, 1.82) is 0 Å². The lowest BCUT2D eigenvalue weighted by atomic mass is 10.2. The van der Waals surface area contributed by atoms with Crippen LogP contribution < -0.4 is 10.5 Å². The second-order valence-corrected chi connectivity index (χ2v) is 4.05. The molecule has 2 aromatic rings. The Kier molecular flexibility index (Phi) is 3.39. The number of carbonyl (C=O) groups is 1. The molecule has 2 rings (SSSR count). The number of nitrogen functional groups attached to an aromatic ring is 1. The van der Waals surface area contributed by atoms with E-state index < -0.39 is 5.97 Å². The van der Waals surface area contributed by atoms with Crippen LogP contribution in [0, 0.1) is 0 Å². The molecule has 2 aromatic carbocycles. The molecule has 0 atom stereocenters. The van der Waals surface area contributed by atoms with Gasteiger partial charge in [-0.15, -0.1) is 0 Å². The highest BCUT2D eigenvalue weighted by atomic mass is 35.5. The van der Waals surface area contributed by atoms with E-state index in [1.807, 2.05) is 0 Å². The number of aromatic carboxylic acids is 1. The molecule has 0 aromatic heterocycles. The molecule has 0 aliphatic rings. The van der Waals surface area contributed by atoms with Crippen LogP contribution in [-0.4, -0.2) is 11.1 Å². The van der Waals surface area contributed by atoms with Crippen molar-refractivity contribution in [2.24, 2.45) is 0 Å². The summed E-state index contributed by atoms with van der Waals surface area (Å²) in [4.78, 5) is 10.9. The zero-order valence-electron chi connectivity index (χ0n) is 9.26. The SMILES string of the molecule is Nc1ccc(Oc2cccc(Cl)c2)cc1C(=O)O. The van der Waals surface area contributed by atoms with Gasteiger partial charge in [-0.2, -0.15) is 0 Å². The fraction of sp³-hybridized carbons (Fsp3) is 0. The lowest BCUT2D eigenvalue weighted by molar-refractivity contribution is 0.0697. The zero-order valence-corrected chi connectivity index (χ0v) is 10.0. The Balaban J connectivity index is 2.30. The molecule has 4 nitrogen and oxygen atoms in total. The fourth-order valence-electron chi connectivity index (χ4n) is 1.45. The number of rotatable bonds is 3. The number of carboxylic acids is 1. The van der Waals surface area contributed by atoms with E-state index in [1.54, 1.807) is 30.3 Å². The van der Waals surface area contributed by atoms with E-state index in [-0.39, 0.29) is 11.3 Å². The average Bonchev–Trinajstić information content (AvgIpc) is 2.31. The van der Waals surface area contributed by atoms with Gasteiger partial charge < -0.3 is 15.6 Å². The maximum absolute atomic E-state index is 10.9. The Morgan fingerprint density at radius 3 is 2.56 bits per heavy atom. The third-order valence-corrected chi connectivity index (χ3v) is 2.52. The van der Waals surface area contributed by atoms with Gasteiger partial charge in [-0.1, -0.05) is 17.7 Å². The van der Waals surface area contributed by atoms with Gasteiger partial charge >= 0.3 is 5.97 Å². The molecule has 0 aliphatic carbocycles. The van der Waals surface area contributed by atoms with E-state index in [9.17, 15) is 4.79 Å². The summed E-state index contributed by atoms with van der Waals surface area (Å²) in [5.41, 5.74) is 5.75. The van der Waals surface area contributed by atoms with Crippen molar-refractivity contribution in [2.75, 3.05) is 5.73 Å². The predicted molar refractivity (Wildman–Crippen MR) is 69.3 cm³/mol. The first-order valence-electron chi connectivity index (χ1n) is 5.12. The van der Waals surface area contributed by atoms with Gasteiger partial charge in [0.05, 0.1) is 5.56 Å². The maximum Gasteiger partial charge on any atom is 0.337 e. The third-order valence-electron chi connectivity index (χ3n) is 2.29. The van der Waals surface area contributed by atoms with Crippen LogP contribution in [-0.2, 0) is 0 Å². The van der Waals surface area contributed by atoms with Crippen LogP contribution in [0.3, 0.4) is 0 Å². The summed E-state index contributed by atoms with van der Waals surface area (Å²) in [6, 6.07) is 11.3. The summed E-state index contributed by atoms with van der Waals surface area (Å²) in [6.07, 6.45) is 0. The molecule has 0 amide bonds. The van der Waals surface area contributed by atoms with Crippen LogP contribution >= 0.6 is 11.6 Å². The number of carboxylic acid groups (broad SMARTS) is 1. The fourth-order valence-corrected chi connectivity index (χ4v) is 1.63. The van der Waals surface area contributed by atoms with Crippen LogP contribution in [0.25, 0.3) is 0 Å². The van der Waals surface area contributed by atoms with Gasteiger partial charge in [0.1, 0.15) is 11.5 Å². The van der Waals surface area contributed by atoms with Crippen molar-refractivity contribution in [2.45, 2.75) is 0 Å². The van der Waals surface area contributed by atoms with Crippen molar-refractivity contribution in [3.05, 3.63) is 53.1 Å². The van der Waals surface area contributed by atoms with Gasteiger partial charge in [-0.05, 0) is 36.4 Å². The molecule has 0 bridgehead atoms. The van der Waals surface area contributed by atoms with Crippen LogP contribution in [0.5, 0.6) is 11.5 Å². The third kappa shape index (κ3) is 2.73.